The highest BCUT2D eigenvalue weighted by Crippen LogP contribution is 2.09. The summed E-state index contributed by atoms with van der Waals surface area (Å²) < 4.78 is 13.1. The molecule has 1 aromatic rings. The number of anilines is 1. The number of nitrogens with one attached hydrogen (secondary N) is 2. The molecule has 1 aliphatic rings. The lowest BCUT2D eigenvalue weighted by atomic mass is 10.1. The van der Waals surface area contributed by atoms with E-state index in [-0.39, 0.29) is 17.8 Å². The normalized spacial score (nSPS) is 18.9. The van der Waals surface area contributed by atoms with Crippen molar-refractivity contribution in [1.29, 1.82) is 0 Å². The average molecular weight is 279 g/mol. The predicted molar refractivity (Wildman–Crippen MR) is 78.3 cm³/mol. The Balaban J connectivity index is 1.93. The van der Waals surface area contributed by atoms with Crippen molar-refractivity contribution in [3.05, 3.63) is 30.1 Å². The van der Waals surface area contributed by atoms with Crippen molar-refractivity contribution in [2.45, 2.75) is 45.1 Å². The van der Waals surface area contributed by atoms with E-state index in [1.54, 1.807) is 12.1 Å². The Labute approximate surface area is 120 Å². The number of benzene rings is 1. The van der Waals surface area contributed by atoms with Crippen LogP contribution in [0.4, 0.5) is 10.1 Å². The standard InChI is InChI=1S/C16H23FN2O/c1-13(19-10-5-3-2-4-6-11-19)16(20)18-15-9-7-8-14(17)12-15/h7-9,12-13H,2-6,10-11H2,1H3,(H,18,20)/p+1/t13-/m1/s1. The molecular formula is C16H24FN2O+. The fourth-order valence-corrected chi connectivity index (χ4v) is 2.79. The first-order chi connectivity index (χ1) is 9.66. The number of amides is 1. The van der Waals surface area contributed by atoms with Crippen LogP contribution in [0.2, 0.25) is 0 Å². The summed E-state index contributed by atoms with van der Waals surface area (Å²) in [5.41, 5.74) is 0.535. The van der Waals surface area contributed by atoms with Crippen LogP contribution in [0.3, 0.4) is 0 Å². The number of quaternary nitrogens is 1. The highest BCUT2D eigenvalue weighted by molar-refractivity contribution is 5.93. The Bertz CT molecular complexity index is 442. The molecule has 2 N–H and O–H groups in total. The number of hydrogen-bond donors (Lipinski definition) is 2. The number of hydrogen-bond acceptors (Lipinski definition) is 1. The highest BCUT2D eigenvalue weighted by atomic mass is 19.1. The number of carbonyl (C=O) groups excluding carboxylic acids is 1. The maximum atomic E-state index is 13.1. The molecule has 1 amide bonds. The Hall–Kier alpha value is -1.42. The molecule has 0 bridgehead atoms. The fourth-order valence-electron chi connectivity index (χ4n) is 2.79. The SMILES string of the molecule is C[C@H](C(=O)Nc1cccc(F)c1)[NH+]1CCCCCCC1. The van der Waals surface area contributed by atoms with Gasteiger partial charge in [0.25, 0.3) is 5.91 Å². The first kappa shape index (κ1) is 15.0. The van der Waals surface area contributed by atoms with Crippen LogP contribution in [0.1, 0.15) is 39.0 Å². The highest BCUT2D eigenvalue weighted by Gasteiger charge is 2.25. The first-order valence-corrected chi connectivity index (χ1v) is 7.58. The minimum atomic E-state index is -0.325. The van der Waals surface area contributed by atoms with Gasteiger partial charge in [0, 0.05) is 5.69 Å². The maximum absolute atomic E-state index is 13.1. The minimum Gasteiger partial charge on any atom is -0.325 e. The maximum Gasteiger partial charge on any atom is 0.282 e. The van der Waals surface area contributed by atoms with Crippen molar-refractivity contribution >= 4 is 11.6 Å². The summed E-state index contributed by atoms with van der Waals surface area (Å²) >= 11 is 0. The van der Waals surface area contributed by atoms with Gasteiger partial charge in [-0.25, -0.2) is 4.39 Å². The summed E-state index contributed by atoms with van der Waals surface area (Å²) in [7, 11) is 0. The van der Waals surface area contributed by atoms with E-state index in [1.807, 2.05) is 6.92 Å². The second-order valence-electron chi connectivity index (χ2n) is 5.65. The van der Waals surface area contributed by atoms with Gasteiger partial charge < -0.3 is 10.2 Å². The third kappa shape index (κ3) is 4.30. The molecule has 1 saturated heterocycles. The van der Waals surface area contributed by atoms with Crippen molar-refractivity contribution in [1.82, 2.24) is 0 Å². The summed E-state index contributed by atoms with van der Waals surface area (Å²) in [6, 6.07) is 5.97. The fraction of sp³-hybridized carbons (Fsp3) is 0.562. The Morgan fingerprint density at radius 1 is 1.20 bits per heavy atom. The molecule has 4 heteroatoms. The van der Waals surface area contributed by atoms with Gasteiger partial charge in [0.2, 0.25) is 0 Å². The van der Waals surface area contributed by atoms with Gasteiger partial charge >= 0.3 is 0 Å². The van der Waals surface area contributed by atoms with Crippen LogP contribution in [0, 0.1) is 5.82 Å². The Kier molecular flexibility index (Phi) is 5.53. The van der Waals surface area contributed by atoms with E-state index in [1.165, 1.54) is 49.1 Å². The smallest absolute Gasteiger partial charge is 0.282 e. The molecule has 0 spiro atoms. The third-order valence-electron chi connectivity index (χ3n) is 4.09. The predicted octanol–water partition coefficient (Wildman–Crippen LogP) is 2.00. The molecule has 1 aromatic carbocycles. The van der Waals surface area contributed by atoms with Crippen LogP contribution < -0.4 is 10.2 Å². The molecular weight excluding hydrogens is 255 g/mol. The number of carbonyl (C=O) groups is 1. The lowest BCUT2D eigenvalue weighted by Crippen LogP contribution is -3.16. The second-order valence-corrected chi connectivity index (χ2v) is 5.65. The van der Waals surface area contributed by atoms with Crippen LogP contribution in [0.25, 0.3) is 0 Å². The van der Waals surface area contributed by atoms with Gasteiger partial charge in [0.05, 0.1) is 13.1 Å². The van der Waals surface area contributed by atoms with E-state index in [9.17, 15) is 9.18 Å². The van der Waals surface area contributed by atoms with Gasteiger partial charge in [0.1, 0.15) is 5.82 Å². The van der Waals surface area contributed by atoms with E-state index in [4.69, 9.17) is 0 Å². The van der Waals surface area contributed by atoms with E-state index in [2.05, 4.69) is 5.32 Å². The zero-order valence-electron chi connectivity index (χ0n) is 12.1. The Morgan fingerprint density at radius 3 is 2.50 bits per heavy atom. The van der Waals surface area contributed by atoms with Crippen molar-refractivity contribution in [2.75, 3.05) is 18.4 Å². The zero-order chi connectivity index (χ0) is 14.4. The molecule has 1 aliphatic heterocycles. The van der Waals surface area contributed by atoms with Gasteiger partial charge in [-0.1, -0.05) is 12.5 Å². The zero-order valence-corrected chi connectivity index (χ0v) is 12.1. The van der Waals surface area contributed by atoms with Gasteiger partial charge in [-0.05, 0) is 50.8 Å². The number of likely N-dealkylation sites (tertiary alicyclic amines) is 1. The molecule has 1 fully saturated rings. The molecule has 0 unspecified atom stereocenters. The quantitative estimate of drug-likeness (QED) is 0.872. The molecule has 1 heterocycles. The second kappa shape index (κ2) is 7.39. The number of halogens is 1. The molecule has 0 aromatic heterocycles. The minimum absolute atomic E-state index is 0.0221. The molecule has 0 saturated carbocycles. The van der Waals surface area contributed by atoms with Crippen LogP contribution in [0.5, 0.6) is 0 Å². The summed E-state index contributed by atoms with van der Waals surface area (Å²) in [5.74, 6) is -0.347. The van der Waals surface area contributed by atoms with E-state index < -0.39 is 0 Å². The molecule has 3 nitrogen and oxygen atoms in total. The summed E-state index contributed by atoms with van der Waals surface area (Å²) in [5, 5.41) is 2.82. The molecule has 1 atom stereocenters. The van der Waals surface area contributed by atoms with E-state index >= 15 is 0 Å². The van der Waals surface area contributed by atoms with Crippen LogP contribution in [-0.2, 0) is 4.79 Å². The molecule has 20 heavy (non-hydrogen) atoms. The van der Waals surface area contributed by atoms with Gasteiger partial charge in [0.15, 0.2) is 6.04 Å². The van der Waals surface area contributed by atoms with Crippen molar-refractivity contribution in [2.24, 2.45) is 0 Å². The van der Waals surface area contributed by atoms with Crippen molar-refractivity contribution < 1.29 is 14.1 Å². The average Bonchev–Trinajstić information content (AvgIpc) is 2.37. The largest absolute Gasteiger partial charge is 0.325 e. The van der Waals surface area contributed by atoms with Crippen molar-refractivity contribution in [3.8, 4) is 0 Å². The van der Waals surface area contributed by atoms with Crippen LogP contribution in [0.15, 0.2) is 24.3 Å². The van der Waals surface area contributed by atoms with Gasteiger partial charge in [-0.3, -0.25) is 4.79 Å². The molecule has 0 radical (unpaired) electrons. The lowest BCUT2D eigenvalue weighted by Gasteiger charge is -2.26. The monoisotopic (exact) mass is 279 g/mol. The van der Waals surface area contributed by atoms with Gasteiger partial charge in [-0.2, -0.15) is 0 Å². The van der Waals surface area contributed by atoms with Crippen LogP contribution in [-0.4, -0.2) is 25.0 Å². The van der Waals surface area contributed by atoms with E-state index in [0.29, 0.717) is 5.69 Å². The molecule has 2 rings (SSSR count). The van der Waals surface area contributed by atoms with Crippen LogP contribution >= 0.6 is 0 Å². The summed E-state index contributed by atoms with van der Waals surface area (Å²) in [6.45, 7) is 4.07. The number of rotatable bonds is 3. The first-order valence-electron chi connectivity index (χ1n) is 7.58. The summed E-state index contributed by atoms with van der Waals surface area (Å²) in [4.78, 5) is 13.6. The third-order valence-corrected chi connectivity index (χ3v) is 4.09. The van der Waals surface area contributed by atoms with E-state index in [0.717, 1.165) is 13.1 Å². The van der Waals surface area contributed by atoms with Gasteiger partial charge in [-0.15, -0.1) is 0 Å². The topological polar surface area (TPSA) is 33.5 Å². The van der Waals surface area contributed by atoms with Crippen molar-refractivity contribution in [3.63, 3.8) is 0 Å². The molecule has 110 valence electrons. The molecule has 0 aliphatic carbocycles. The Morgan fingerprint density at radius 2 is 1.85 bits per heavy atom. The lowest BCUT2D eigenvalue weighted by molar-refractivity contribution is -0.914. The summed E-state index contributed by atoms with van der Waals surface area (Å²) in [6.07, 6.45) is 6.22.